The average molecular weight is 439 g/mol. The van der Waals surface area contributed by atoms with Crippen LogP contribution < -0.4 is 5.43 Å². The Bertz CT molecular complexity index is 1400. The summed E-state index contributed by atoms with van der Waals surface area (Å²) in [6.07, 6.45) is 3.62. The molecule has 1 unspecified atom stereocenters. The molecule has 2 heterocycles. The third kappa shape index (κ3) is 3.59. The molecule has 1 aliphatic heterocycles. The molecule has 0 bridgehead atoms. The number of nitrogens with zero attached hydrogens (tertiary/aromatic N) is 4. The highest BCUT2D eigenvalue weighted by Gasteiger charge is 2.34. The van der Waals surface area contributed by atoms with Gasteiger partial charge in [0.05, 0.1) is 16.3 Å². The molecule has 1 saturated carbocycles. The van der Waals surface area contributed by atoms with Crippen molar-refractivity contribution < 1.29 is 14.1 Å². The molecule has 1 fully saturated rings. The van der Waals surface area contributed by atoms with Gasteiger partial charge < -0.3 is 10.0 Å². The van der Waals surface area contributed by atoms with Crippen LogP contribution in [0.2, 0.25) is 0 Å². The molecule has 3 aromatic rings. The van der Waals surface area contributed by atoms with E-state index in [-0.39, 0.29) is 11.5 Å². The first kappa shape index (κ1) is 19.7. The van der Waals surface area contributed by atoms with Crippen LogP contribution in [0.15, 0.2) is 56.5 Å². The predicted octanol–water partition coefficient (Wildman–Crippen LogP) is 2.76. The standard InChI is InChI=1S/C22H22N4O4S/c1-31(30,17-9-8-15-4-2-3-5-16(15)12-17)24-21-20(28)19(27)18-22(29)25(13-14-6-7-14)10-11-26(18)23-21/h2-5,8-9,12,14,27H,6-7,10-11,13H2,1H3. The number of aromatic nitrogens is 2. The van der Waals surface area contributed by atoms with Crippen molar-refractivity contribution in [1.82, 2.24) is 14.7 Å². The number of hydrogen-bond donors (Lipinski definition) is 1. The number of hydrogen-bond acceptors (Lipinski definition) is 6. The Morgan fingerprint density at radius 3 is 2.61 bits per heavy atom. The van der Waals surface area contributed by atoms with Gasteiger partial charge in [-0.3, -0.25) is 14.3 Å². The maximum absolute atomic E-state index is 13.4. The molecule has 0 radical (unpaired) electrons. The van der Waals surface area contributed by atoms with Gasteiger partial charge in [-0.05, 0) is 41.7 Å². The molecular formula is C22H22N4O4S. The number of rotatable bonds is 4. The van der Waals surface area contributed by atoms with E-state index in [0.717, 1.165) is 23.6 Å². The van der Waals surface area contributed by atoms with Crippen molar-refractivity contribution in [3.05, 3.63) is 58.4 Å². The molecule has 2 aromatic carbocycles. The van der Waals surface area contributed by atoms with E-state index in [0.29, 0.717) is 30.4 Å². The largest absolute Gasteiger partial charge is 0.502 e. The van der Waals surface area contributed by atoms with E-state index in [1.165, 1.54) is 10.9 Å². The summed E-state index contributed by atoms with van der Waals surface area (Å²) in [5.74, 6) is -0.949. The Hall–Kier alpha value is -3.20. The topological polar surface area (TPSA) is 105 Å². The number of carbonyl (C=O) groups excluding carboxylic acids is 1. The predicted molar refractivity (Wildman–Crippen MR) is 117 cm³/mol. The smallest absolute Gasteiger partial charge is 0.276 e. The van der Waals surface area contributed by atoms with Crippen LogP contribution in [0.5, 0.6) is 5.75 Å². The maximum Gasteiger partial charge on any atom is 0.276 e. The molecule has 0 saturated heterocycles. The van der Waals surface area contributed by atoms with E-state index in [1.807, 2.05) is 30.3 Å². The lowest BCUT2D eigenvalue weighted by molar-refractivity contribution is 0.0679. The van der Waals surface area contributed by atoms with Crippen LogP contribution in [-0.2, 0) is 16.3 Å². The summed E-state index contributed by atoms with van der Waals surface area (Å²) in [5, 5.41) is 16.6. The highest BCUT2D eigenvalue weighted by atomic mass is 32.2. The molecule has 5 rings (SSSR count). The summed E-state index contributed by atoms with van der Waals surface area (Å²) in [5.41, 5.74) is -1.01. The summed E-state index contributed by atoms with van der Waals surface area (Å²) in [4.78, 5) is 27.6. The van der Waals surface area contributed by atoms with Crippen molar-refractivity contribution in [2.24, 2.45) is 10.3 Å². The Morgan fingerprint density at radius 1 is 1.13 bits per heavy atom. The van der Waals surface area contributed by atoms with E-state index in [1.54, 1.807) is 17.0 Å². The second-order valence-corrected chi connectivity index (χ2v) is 10.4. The van der Waals surface area contributed by atoms with Gasteiger partial charge in [0.2, 0.25) is 5.82 Å². The fourth-order valence-electron chi connectivity index (χ4n) is 3.85. The van der Waals surface area contributed by atoms with Gasteiger partial charge in [-0.2, -0.15) is 4.36 Å². The summed E-state index contributed by atoms with van der Waals surface area (Å²) < 4.78 is 18.8. The number of amides is 1. The molecule has 160 valence electrons. The Morgan fingerprint density at radius 2 is 1.87 bits per heavy atom. The maximum atomic E-state index is 13.4. The summed E-state index contributed by atoms with van der Waals surface area (Å²) in [7, 11) is -3.01. The highest BCUT2D eigenvalue weighted by Crippen LogP contribution is 2.31. The highest BCUT2D eigenvalue weighted by molar-refractivity contribution is 7.93. The van der Waals surface area contributed by atoms with Gasteiger partial charge in [0.25, 0.3) is 11.3 Å². The molecule has 9 heteroatoms. The van der Waals surface area contributed by atoms with Crippen LogP contribution in [0.25, 0.3) is 10.8 Å². The van der Waals surface area contributed by atoms with Crippen molar-refractivity contribution >= 4 is 32.2 Å². The van der Waals surface area contributed by atoms with Crippen LogP contribution in [0.1, 0.15) is 23.3 Å². The zero-order valence-electron chi connectivity index (χ0n) is 17.0. The number of fused-ring (bicyclic) bond motifs is 2. The van der Waals surface area contributed by atoms with Crippen molar-refractivity contribution in [2.75, 3.05) is 19.3 Å². The summed E-state index contributed by atoms with van der Waals surface area (Å²) >= 11 is 0. The lowest BCUT2D eigenvalue weighted by atomic mass is 10.1. The van der Waals surface area contributed by atoms with Gasteiger partial charge >= 0.3 is 0 Å². The first-order chi connectivity index (χ1) is 14.8. The zero-order valence-corrected chi connectivity index (χ0v) is 17.8. The van der Waals surface area contributed by atoms with Crippen LogP contribution in [-0.4, -0.2) is 49.2 Å². The van der Waals surface area contributed by atoms with Crippen LogP contribution in [0.4, 0.5) is 5.82 Å². The van der Waals surface area contributed by atoms with Gasteiger partial charge in [-0.25, -0.2) is 4.21 Å². The van der Waals surface area contributed by atoms with Crippen LogP contribution in [0.3, 0.4) is 0 Å². The van der Waals surface area contributed by atoms with Crippen molar-refractivity contribution in [3.8, 4) is 5.75 Å². The van der Waals surface area contributed by atoms with Crippen LogP contribution in [0, 0.1) is 5.92 Å². The fraction of sp³-hybridized carbons (Fsp3) is 0.318. The minimum Gasteiger partial charge on any atom is -0.502 e. The molecule has 1 aromatic heterocycles. The average Bonchev–Trinajstić information content (AvgIpc) is 3.57. The molecule has 31 heavy (non-hydrogen) atoms. The third-order valence-electron chi connectivity index (χ3n) is 5.78. The Kier molecular flexibility index (Phi) is 4.58. The van der Waals surface area contributed by atoms with E-state index < -0.39 is 26.8 Å². The lowest BCUT2D eigenvalue weighted by Crippen LogP contribution is -2.43. The second kappa shape index (κ2) is 7.19. The molecule has 1 N–H and O–H groups in total. The number of benzene rings is 2. The molecule has 8 nitrogen and oxygen atoms in total. The molecule has 2 aliphatic rings. The quantitative estimate of drug-likeness (QED) is 0.674. The van der Waals surface area contributed by atoms with Crippen LogP contribution >= 0.6 is 0 Å². The summed E-state index contributed by atoms with van der Waals surface area (Å²) in [6.45, 7) is 1.41. The molecule has 1 aliphatic carbocycles. The normalized spacial score (nSPS) is 18.0. The summed E-state index contributed by atoms with van der Waals surface area (Å²) in [6, 6.07) is 13.0. The SMILES string of the molecule is CS(=O)(=Nc1nn2c(c(O)c1=O)C(=O)N(CC1CC1)CC2)c1ccc2ccccc2c1. The Labute approximate surface area is 179 Å². The molecule has 1 amide bonds. The Balaban J connectivity index is 1.56. The first-order valence-corrected chi connectivity index (χ1v) is 12.1. The van der Waals surface area contributed by atoms with E-state index in [2.05, 4.69) is 9.46 Å². The number of carbonyl (C=O) groups is 1. The van der Waals surface area contributed by atoms with E-state index >= 15 is 0 Å². The van der Waals surface area contributed by atoms with E-state index in [4.69, 9.17) is 0 Å². The monoisotopic (exact) mass is 438 g/mol. The molecular weight excluding hydrogens is 416 g/mol. The minimum atomic E-state index is -3.01. The molecule has 0 spiro atoms. The van der Waals surface area contributed by atoms with Gasteiger partial charge in [-0.1, -0.05) is 30.3 Å². The minimum absolute atomic E-state index is 0.121. The lowest BCUT2D eigenvalue weighted by Gasteiger charge is -2.29. The first-order valence-electron chi connectivity index (χ1n) is 10.2. The van der Waals surface area contributed by atoms with Gasteiger partial charge in [-0.15, -0.1) is 5.10 Å². The van der Waals surface area contributed by atoms with Crippen molar-refractivity contribution in [2.45, 2.75) is 24.3 Å². The van der Waals surface area contributed by atoms with Crippen molar-refractivity contribution in [1.29, 1.82) is 0 Å². The second-order valence-electron chi connectivity index (χ2n) is 8.17. The van der Waals surface area contributed by atoms with Gasteiger partial charge in [0.15, 0.2) is 11.4 Å². The van der Waals surface area contributed by atoms with Gasteiger partial charge in [0.1, 0.15) is 0 Å². The van der Waals surface area contributed by atoms with Crippen molar-refractivity contribution in [3.63, 3.8) is 0 Å². The molecule has 1 atom stereocenters. The third-order valence-corrected chi connectivity index (χ3v) is 7.43. The number of aromatic hydroxyl groups is 1. The van der Waals surface area contributed by atoms with E-state index in [9.17, 15) is 18.9 Å². The fourth-order valence-corrected chi connectivity index (χ4v) is 5.07. The van der Waals surface area contributed by atoms with Gasteiger partial charge in [0, 0.05) is 24.2 Å². The zero-order chi connectivity index (χ0) is 21.8.